The lowest BCUT2D eigenvalue weighted by molar-refractivity contribution is -0.124. The molecule has 0 aliphatic carbocycles. The molecular formula is C15H14IN3O2S. The van der Waals surface area contributed by atoms with Gasteiger partial charge in [-0.15, -0.1) is 11.3 Å². The van der Waals surface area contributed by atoms with Gasteiger partial charge in [0, 0.05) is 27.0 Å². The van der Waals surface area contributed by atoms with Crippen molar-refractivity contribution >= 4 is 57.6 Å². The molecule has 2 amide bonds. The summed E-state index contributed by atoms with van der Waals surface area (Å²) >= 11 is 3.72. The van der Waals surface area contributed by atoms with Crippen LogP contribution in [0.25, 0.3) is 0 Å². The van der Waals surface area contributed by atoms with E-state index in [1.54, 1.807) is 6.21 Å². The number of halogens is 1. The van der Waals surface area contributed by atoms with E-state index in [1.807, 2.05) is 41.8 Å². The molecule has 22 heavy (non-hydrogen) atoms. The lowest BCUT2D eigenvalue weighted by Crippen LogP contribution is -2.20. The van der Waals surface area contributed by atoms with Gasteiger partial charge in [0.05, 0.1) is 6.21 Å². The number of hydrogen-bond acceptors (Lipinski definition) is 4. The van der Waals surface area contributed by atoms with Crippen molar-refractivity contribution in [2.75, 3.05) is 5.32 Å². The highest BCUT2D eigenvalue weighted by molar-refractivity contribution is 14.1. The van der Waals surface area contributed by atoms with E-state index in [2.05, 4.69) is 38.4 Å². The number of nitrogens with zero attached hydrogens (tertiary/aromatic N) is 1. The largest absolute Gasteiger partial charge is 0.326 e. The van der Waals surface area contributed by atoms with Gasteiger partial charge >= 0.3 is 0 Å². The number of hydrazone groups is 1. The van der Waals surface area contributed by atoms with E-state index < -0.39 is 0 Å². The van der Waals surface area contributed by atoms with E-state index in [9.17, 15) is 9.59 Å². The van der Waals surface area contributed by atoms with Crippen LogP contribution in [0.4, 0.5) is 5.69 Å². The van der Waals surface area contributed by atoms with Gasteiger partial charge in [-0.2, -0.15) is 5.10 Å². The maximum Gasteiger partial charge on any atom is 0.240 e. The van der Waals surface area contributed by atoms with Gasteiger partial charge in [0.1, 0.15) is 0 Å². The molecule has 1 heterocycles. The zero-order valence-electron chi connectivity index (χ0n) is 11.6. The molecule has 1 aromatic heterocycles. The number of benzene rings is 1. The summed E-state index contributed by atoms with van der Waals surface area (Å²) in [5, 5.41) is 8.51. The van der Waals surface area contributed by atoms with Crippen molar-refractivity contribution in [1.82, 2.24) is 5.43 Å². The number of carbonyl (C=O) groups is 2. The van der Waals surface area contributed by atoms with Gasteiger partial charge in [-0.3, -0.25) is 9.59 Å². The molecule has 1 aromatic carbocycles. The van der Waals surface area contributed by atoms with Crippen LogP contribution in [0.1, 0.15) is 17.7 Å². The third-order valence-corrected chi connectivity index (χ3v) is 4.16. The fourth-order valence-electron chi connectivity index (χ4n) is 1.57. The van der Waals surface area contributed by atoms with E-state index in [1.165, 1.54) is 11.3 Å². The average molecular weight is 427 g/mol. The van der Waals surface area contributed by atoms with Crippen molar-refractivity contribution in [3.63, 3.8) is 0 Å². The van der Waals surface area contributed by atoms with Crippen molar-refractivity contribution in [1.29, 1.82) is 0 Å². The van der Waals surface area contributed by atoms with E-state index in [0.29, 0.717) is 0 Å². The molecule has 0 aliphatic rings. The van der Waals surface area contributed by atoms with Crippen LogP contribution in [-0.2, 0) is 9.59 Å². The molecule has 0 unspecified atom stereocenters. The Bertz CT molecular complexity index is 654. The first-order chi connectivity index (χ1) is 10.6. The molecule has 0 aliphatic heterocycles. The minimum absolute atomic E-state index is 0.0952. The zero-order chi connectivity index (χ0) is 15.8. The van der Waals surface area contributed by atoms with Gasteiger partial charge in [0.15, 0.2) is 0 Å². The van der Waals surface area contributed by atoms with E-state index >= 15 is 0 Å². The van der Waals surface area contributed by atoms with Crippen molar-refractivity contribution < 1.29 is 9.59 Å². The maximum atomic E-state index is 11.7. The third-order valence-electron chi connectivity index (χ3n) is 2.63. The minimum atomic E-state index is -0.287. The Morgan fingerprint density at radius 2 is 1.86 bits per heavy atom. The van der Waals surface area contributed by atoms with Crippen LogP contribution in [0.15, 0.2) is 46.9 Å². The predicted octanol–water partition coefficient (Wildman–Crippen LogP) is 3.22. The zero-order valence-corrected chi connectivity index (χ0v) is 14.6. The highest BCUT2D eigenvalue weighted by atomic mass is 127. The summed E-state index contributed by atoms with van der Waals surface area (Å²) in [4.78, 5) is 24.3. The fraction of sp³-hybridized carbons (Fsp3) is 0.133. The first-order valence-electron chi connectivity index (χ1n) is 6.54. The van der Waals surface area contributed by atoms with Gasteiger partial charge < -0.3 is 5.32 Å². The standard InChI is InChI=1S/C15H14IN3O2S/c16-11-3-5-12(6-4-11)18-14(20)7-8-15(21)19-17-10-13-2-1-9-22-13/h1-6,9-10H,7-8H2,(H,18,20)(H,19,21). The Hall–Kier alpha value is -1.74. The lowest BCUT2D eigenvalue weighted by Gasteiger charge is -2.04. The molecule has 0 spiro atoms. The van der Waals surface area contributed by atoms with Gasteiger partial charge in [-0.1, -0.05) is 6.07 Å². The van der Waals surface area contributed by atoms with Crippen LogP contribution < -0.4 is 10.7 Å². The molecule has 2 aromatic rings. The molecular weight excluding hydrogens is 413 g/mol. The Morgan fingerprint density at radius 1 is 1.14 bits per heavy atom. The smallest absolute Gasteiger partial charge is 0.240 e. The quantitative estimate of drug-likeness (QED) is 0.422. The number of hydrogen-bond donors (Lipinski definition) is 2. The summed E-state index contributed by atoms with van der Waals surface area (Å²) in [5.41, 5.74) is 3.13. The number of nitrogens with one attached hydrogen (secondary N) is 2. The summed E-state index contributed by atoms with van der Waals surface area (Å²) < 4.78 is 1.10. The highest BCUT2D eigenvalue weighted by Crippen LogP contribution is 2.11. The normalized spacial score (nSPS) is 10.6. The first kappa shape index (κ1) is 16.6. The molecule has 0 saturated heterocycles. The van der Waals surface area contributed by atoms with Crippen LogP contribution in [0.3, 0.4) is 0 Å². The molecule has 2 N–H and O–H groups in total. The molecule has 0 saturated carbocycles. The van der Waals surface area contributed by atoms with Crippen LogP contribution >= 0.6 is 33.9 Å². The maximum absolute atomic E-state index is 11.7. The summed E-state index contributed by atoms with van der Waals surface area (Å²) in [5.74, 6) is -0.482. The van der Waals surface area contributed by atoms with Crippen molar-refractivity contribution in [2.24, 2.45) is 5.10 Å². The lowest BCUT2D eigenvalue weighted by atomic mass is 10.2. The minimum Gasteiger partial charge on any atom is -0.326 e. The van der Waals surface area contributed by atoms with Crippen LogP contribution in [0.5, 0.6) is 0 Å². The number of carbonyl (C=O) groups excluding carboxylic acids is 2. The Balaban J connectivity index is 1.69. The van der Waals surface area contributed by atoms with Gasteiger partial charge in [0.25, 0.3) is 0 Å². The molecule has 0 atom stereocenters. The van der Waals surface area contributed by atoms with Crippen LogP contribution in [0.2, 0.25) is 0 Å². The van der Waals surface area contributed by atoms with Crippen molar-refractivity contribution in [2.45, 2.75) is 12.8 Å². The molecule has 114 valence electrons. The Labute approximate surface area is 146 Å². The second-order valence-electron chi connectivity index (χ2n) is 4.36. The highest BCUT2D eigenvalue weighted by Gasteiger charge is 2.06. The molecule has 2 rings (SSSR count). The summed E-state index contributed by atoms with van der Waals surface area (Å²) in [7, 11) is 0. The molecule has 0 bridgehead atoms. The number of thiophene rings is 1. The SMILES string of the molecule is O=C(CCC(=O)Nc1ccc(I)cc1)NN=Cc1cccs1. The van der Waals surface area contributed by atoms with Crippen molar-refractivity contribution in [3.8, 4) is 0 Å². The van der Waals surface area contributed by atoms with Gasteiger partial charge in [0.2, 0.25) is 11.8 Å². The number of anilines is 1. The van der Waals surface area contributed by atoms with Crippen LogP contribution in [0, 0.1) is 3.57 Å². The number of amides is 2. The second kappa shape index (κ2) is 8.64. The third kappa shape index (κ3) is 5.94. The van der Waals surface area contributed by atoms with E-state index in [4.69, 9.17) is 0 Å². The second-order valence-corrected chi connectivity index (χ2v) is 6.59. The summed E-state index contributed by atoms with van der Waals surface area (Å²) in [6.45, 7) is 0. The molecule has 7 heteroatoms. The predicted molar refractivity (Wildman–Crippen MR) is 97.1 cm³/mol. The van der Waals surface area contributed by atoms with Gasteiger partial charge in [-0.05, 0) is 58.3 Å². The molecule has 0 fully saturated rings. The summed E-state index contributed by atoms with van der Waals surface area (Å²) in [6, 6.07) is 11.3. The summed E-state index contributed by atoms with van der Waals surface area (Å²) in [6.07, 6.45) is 1.79. The Kier molecular flexibility index (Phi) is 6.53. The monoisotopic (exact) mass is 427 g/mol. The number of rotatable bonds is 6. The van der Waals surface area contributed by atoms with Gasteiger partial charge in [-0.25, -0.2) is 5.43 Å². The topological polar surface area (TPSA) is 70.6 Å². The van der Waals surface area contributed by atoms with E-state index in [-0.39, 0.29) is 24.7 Å². The van der Waals surface area contributed by atoms with Crippen molar-refractivity contribution in [3.05, 3.63) is 50.2 Å². The average Bonchev–Trinajstić information content (AvgIpc) is 3.01. The fourth-order valence-corrected chi connectivity index (χ4v) is 2.52. The molecule has 0 radical (unpaired) electrons. The van der Waals surface area contributed by atoms with Crippen LogP contribution in [-0.4, -0.2) is 18.0 Å². The first-order valence-corrected chi connectivity index (χ1v) is 8.50. The molecule has 5 nitrogen and oxygen atoms in total. The Morgan fingerprint density at radius 3 is 2.55 bits per heavy atom. The van der Waals surface area contributed by atoms with E-state index in [0.717, 1.165) is 14.1 Å².